The Morgan fingerprint density at radius 1 is 0.542 bits per heavy atom. The molecule has 0 bridgehead atoms. The zero-order chi connectivity index (χ0) is 42.2. The highest BCUT2D eigenvalue weighted by Crippen LogP contribution is 2.51. The van der Waals surface area contributed by atoms with Crippen molar-refractivity contribution in [3.63, 3.8) is 0 Å². The molecule has 1 aromatic heterocycles. The fourth-order valence-corrected chi connectivity index (χ4v) is 9.82. The molecule has 4 heterocycles. The molecule has 0 N–H and O–H groups in total. The van der Waals surface area contributed by atoms with Crippen molar-refractivity contribution in [3.05, 3.63) is 111 Å². The lowest BCUT2D eigenvalue weighted by molar-refractivity contribution is 0.172. The SMILES string of the molecule is Cc1cc(C(C)(C)C)cc(C)c1N1c2cc3c(cc2B2c4c1cc(C(C)C)cc4N(c1c(C)cc(C(C)(C)C)cc1C)c1oc4ccc(C(C)(C)C)cc4c12)OCCO3. The van der Waals surface area contributed by atoms with Crippen LogP contribution in [0.4, 0.5) is 34.3 Å². The van der Waals surface area contributed by atoms with E-state index < -0.39 is 0 Å². The van der Waals surface area contributed by atoms with Crippen molar-refractivity contribution in [1.29, 1.82) is 0 Å². The minimum atomic E-state index is -0.130. The van der Waals surface area contributed by atoms with Crippen molar-refractivity contribution in [2.75, 3.05) is 23.0 Å². The number of ether oxygens (including phenoxy) is 2. The van der Waals surface area contributed by atoms with Gasteiger partial charge in [-0.05, 0) is 136 Å². The Bertz CT molecular complexity index is 2670. The molecule has 6 aromatic rings. The van der Waals surface area contributed by atoms with Gasteiger partial charge in [-0.25, -0.2) is 0 Å². The molecule has 304 valence electrons. The summed E-state index contributed by atoms with van der Waals surface area (Å²) in [5, 5.41) is 1.16. The highest BCUT2D eigenvalue weighted by Gasteiger charge is 2.48. The summed E-state index contributed by atoms with van der Waals surface area (Å²) in [7, 11) is 0. The predicted octanol–water partition coefficient (Wildman–Crippen LogP) is 12.5. The molecule has 3 aliphatic heterocycles. The van der Waals surface area contributed by atoms with E-state index in [4.69, 9.17) is 13.9 Å². The molecule has 0 saturated carbocycles. The van der Waals surface area contributed by atoms with Crippen molar-refractivity contribution in [3.8, 4) is 11.5 Å². The number of hydrogen-bond donors (Lipinski definition) is 0. The number of hydrogen-bond acceptors (Lipinski definition) is 5. The van der Waals surface area contributed by atoms with Gasteiger partial charge >= 0.3 is 0 Å². The Kier molecular flexibility index (Phi) is 8.81. The van der Waals surface area contributed by atoms with Gasteiger partial charge in [-0.1, -0.05) is 106 Å². The number of aryl methyl sites for hydroxylation is 4. The summed E-state index contributed by atoms with van der Waals surface area (Å²) in [5.74, 6) is 2.76. The maximum Gasteiger partial charge on any atom is 0.257 e. The summed E-state index contributed by atoms with van der Waals surface area (Å²) in [6.45, 7) is 35.4. The first-order valence-electron chi connectivity index (χ1n) is 21.7. The first-order chi connectivity index (χ1) is 27.6. The molecule has 0 unspecified atom stereocenters. The molecule has 5 nitrogen and oxygen atoms in total. The van der Waals surface area contributed by atoms with Crippen LogP contribution in [0, 0.1) is 27.7 Å². The van der Waals surface area contributed by atoms with Gasteiger partial charge in [0.15, 0.2) is 11.5 Å². The molecular weight excluding hydrogens is 723 g/mol. The van der Waals surface area contributed by atoms with Crippen LogP contribution in [0.5, 0.6) is 11.5 Å². The summed E-state index contributed by atoms with van der Waals surface area (Å²) >= 11 is 0. The minimum absolute atomic E-state index is 0.0129. The average Bonchev–Trinajstić information content (AvgIpc) is 3.52. The van der Waals surface area contributed by atoms with E-state index in [0.29, 0.717) is 13.2 Å². The molecule has 3 aliphatic rings. The summed E-state index contributed by atoms with van der Waals surface area (Å²) < 4.78 is 20.1. The average molecular weight is 785 g/mol. The molecule has 0 amide bonds. The molecule has 0 fully saturated rings. The van der Waals surface area contributed by atoms with E-state index in [2.05, 4.69) is 180 Å². The molecule has 0 aliphatic carbocycles. The molecule has 0 saturated heterocycles. The first kappa shape index (κ1) is 39.4. The quantitative estimate of drug-likeness (QED) is 0.167. The zero-order valence-electron chi connectivity index (χ0n) is 38.0. The molecule has 59 heavy (non-hydrogen) atoms. The predicted molar refractivity (Wildman–Crippen MR) is 250 cm³/mol. The van der Waals surface area contributed by atoms with E-state index in [1.807, 2.05) is 0 Å². The van der Waals surface area contributed by atoms with Gasteiger partial charge in [-0.15, -0.1) is 0 Å². The van der Waals surface area contributed by atoms with Crippen molar-refractivity contribution >= 4 is 68.4 Å². The topological polar surface area (TPSA) is 38.1 Å². The number of nitrogens with zero attached hydrogens (tertiary/aromatic N) is 2. The van der Waals surface area contributed by atoms with Crippen LogP contribution in [-0.4, -0.2) is 19.9 Å². The molecule has 5 aromatic carbocycles. The van der Waals surface area contributed by atoms with Crippen LogP contribution < -0.4 is 35.7 Å². The van der Waals surface area contributed by atoms with Crippen molar-refractivity contribution in [1.82, 2.24) is 0 Å². The zero-order valence-corrected chi connectivity index (χ0v) is 38.0. The van der Waals surface area contributed by atoms with Gasteiger partial charge in [0.05, 0.1) is 11.4 Å². The van der Waals surface area contributed by atoms with Gasteiger partial charge < -0.3 is 18.8 Å². The second-order valence-electron chi connectivity index (χ2n) is 21.0. The standard InChI is InChI=1S/C53H61BN2O3/c1-29(2)34-24-41-47-42(25-34)56(49-32(5)22-37(23-33(49)6)53(13,14)15)50-46(38-26-35(51(7,8)9)16-17-43(38)59-50)54(47)39-27-44-45(58-19-18-57-44)28-40(39)55(41)48-30(3)20-36(21-31(48)4)52(10,11)12/h16-17,20-29H,18-19H2,1-15H3. The van der Waals surface area contributed by atoms with E-state index in [0.717, 1.165) is 34.0 Å². The smallest absolute Gasteiger partial charge is 0.257 e. The first-order valence-corrected chi connectivity index (χ1v) is 21.7. The van der Waals surface area contributed by atoms with Crippen molar-refractivity contribution in [2.45, 2.75) is 126 Å². The summed E-state index contributed by atoms with van der Waals surface area (Å²) in [5.41, 5.74) is 20.7. The summed E-state index contributed by atoms with van der Waals surface area (Å²) in [6.07, 6.45) is 0. The number of rotatable bonds is 3. The van der Waals surface area contributed by atoms with Crippen molar-refractivity contribution < 1.29 is 13.9 Å². The Morgan fingerprint density at radius 2 is 1.03 bits per heavy atom. The number of benzene rings is 5. The Morgan fingerprint density at radius 3 is 1.54 bits per heavy atom. The second kappa shape index (κ2) is 13.2. The van der Waals surface area contributed by atoms with E-state index in [9.17, 15) is 0 Å². The van der Waals surface area contributed by atoms with Crippen LogP contribution in [0.15, 0.2) is 71.1 Å². The largest absolute Gasteiger partial charge is 0.486 e. The Balaban J connectivity index is 1.46. The van der Waals surface area contributed by atoms with Crippen molar-refractivity contribution in [2.24, 2.45) is 0 Å². The molecule has 0 spiro atoms. The highest BCUT2D eigenvalue weighted by molar-refractivity contribution is 7.01. The third-order valence-electron chi connectivity index (χ3n) is 13.1. The van der Waals surface area contributed by atoms with E-state index >= 15 is 0 Å². The Labute approximate surface area is 352 Å². The van der Waals surface area contributed by atoms with Crippen LogP contribution in [-0.2, 0) is 16.2 Å². The number of fused-ring (bicyclic) bond motifs is 7. The fourth-order valence-electron chi connectivity index (χ4n) is 9.82. The molecule has 6 heteroatoms. The molecule has 0 atom stereocenters. The summed E-state index contributed by atoms with van der Waals surface area (Å²) in [6, 6.07) is 25.9. The minimum Gasteiger partial charge on any atom is -0.486 e. The fraction of sp³-hybridized carbons (Fsp3) is 0.396. The molecule has 9 rings (SSSR count). The van der Waals surface area contributed by atoms with Gasteiger partial charge in [0.25, 0.3) is 6.71 Å². The van der Waals surface area contributed by atoms with E-state index in [1.54, 1.807) is 0 Å². The van der Waals surface area contributed by atoms with E-state index in [-0.39, 0.29) is 28.9 Å². The lowest BCUT2D eigenvalue weighted by Crippen LogP contribution is -2.61. The highest BCUT2D eigenvalue weighted by atomic mass is 16.6. The molecule has 0 radical (unpaired) electrons. The van der Waals surface area contributed by atoms with Crippen LogP contribution in [0.1, 0.15) is 127 Å². The van der Waals surface area contributed by atoms with Crippen LogP contribution in [0.2, 0.25) is 0 Å². The third kappa shape index (κ3) is 6.18. The third-order valence-corrected chi connectivity index (χ3v) is 13.1. The van der Waals surface area contributed by atoms with Gasteiger partial charge in [-0.2, -0.15) is 0 Å². The number of furan rings is 1. The monoisotopic (exact) mass is 784 g/mol. The normalized spacial score (nSPS) is 14.9. The maximum absolute atomic E-state index is 7.26. The molecular formula is C53H61BN2O3. The number of anilines is 6. The van der Waals surface area contributed by atoms with E-state index in [1.165, 1.54) is 83.6 Å². The Hall–Kier alpha value is -5.10. The lowest BCUT2D eigenvalue weighted by Gasteiger charge is -2.44. The summed E-state index contributed by atoms with van der Waals surface area (Å²) in [4.78, 5) is 5.04. The van der Waals surface area contributed by atoms with Gasteiger partial charge in [0, 0.05) is 34.0 Å². The van der Waals surface area contributed by atoms with Gasteiger partial charge in [-0.3, -0.25) is 4.90 Å². The van der Waals surface area contributed by atoms with Gasteiger partial charge in [0.1, 0.15) is 18.8 Å². The van der Waals surface area contributed by atoms with Crippen LogP contribution in [0.25, 0.3) is 11.0 Å². The van der Waals surface area contributed by atoms with Crippen LogP contribution >= 0.6 is 0 Å². The maximum atomic E-state index is 7.26. The lowest BCUT2D eigenvalue weighted by atomic mass is 9.33. The van der Waals surface area contributed by atoms with Crippen LogP contribution in [0.3, 0.4) is 0 Å². The second-order valence-corrected chi connectivity index (χ2v) is 21.0. The van der Waals surface area contributed by atoms with Gasteiger partial charge in [0.2, 0.25) is 5.88 Å².